The molecule has 0 radical (unpaired) electrons. The first-order valence-corrected chi connectivity index (χ1v) is 9.45. The number of rotatable bonds is 7. The second-order valence-corrected chi connectivity index (χ2v) is 7.02. The van der Waals surface area contributed by atoms with Crippen molar-refractivity contribution in [2.45, 2.75) is 31.3 Å². The van der Waals surface area contributed by atoms with E-state index in [1.165, 1.54) is 5.56 Å². The van der Waals surface area contributed by atoms with Crippen LogP contribution in [-0.4, -0.2) is 31.6 Å². The number of nitrogens with zero attached hydrogens (tertiary/aromatic N) is 3. The van der Waals surface area contributed by atoms with Gasteiger partial charge in [-0.3, -0.25) is 0 Å². The molecule has 0 amide bonds. The lowest BCUT2D eigenvalue weighted by molar-refractivity contribution is 0.150. The molecule has 28 heavy (non-hydrogen) atoms. The number of aromatic nitrogens is 4. The second-order valence-electron chi connectivity index (χ2n) is 7.02. The lowest BCUT2D eigenvalue weighted by Crippen LogP contribution is -2.15. The predicted octanol–water partition coefficient (Wildman–Crippen LogP) is 3.45. The van der Waals surface area contributed by atoms with Crippen LogP contribution in [0.15, 0.2) is 66.7 Å². The van der Waals surface area contributed by atoms with Crippen LogP contribution in [0.2, 0.25) is 0 Å². The molecule has 2 atom stereocenters. The van der Waals surface area contributed by atoms with Gasteiger partial charge in [-0.15, -0.1) is 5.10 Å². The molecule has 2 heterocycles. The number of nitrogen functional groups attached to an aromatic ring is 1. The van der Waals surface area contributed by atoms with Crippen molar-refractivity contribution in [2.24, 2.45) is 0 Å². The Kier molecular flexibility index (Phi) is 5.30. The molecule has 142 valence electrons. The summed E-state index contributed by atoms with van der Waals surface area (Å²) in [6.07, 6.45) is 1.64. The number of hydrogen-bond donors (Lipinski definition) is 3. The predicted molar refractivity (Wildman–Crippen MR) is 110 cm³/mol. The molecule has 4 aromatic rings. The van der Waals surface area contributed by atoms with Crippen molar-refractivity contribution in [1.82, 2.24) is 20.4 Å². The third kappa shape index (κ3) is 4.02. The molecule has 6 nitrogen and oxygen atoms in total. The summed E-state index contributed by atoms with van der Waals surface area (Å²) >= 11 is 0. The van der Waals surface area contributed by atoms with Crippen LogP contribution < -0.4 is 5.73 Å². The standard InChI is InChI=1S/C22H23N5O/c23-20-14-19(21-22(24-20)26-27-25-21)18(16-9-5-2-6-10-16)13-17(28)12-11-15-7-3-1-4-8-15/h1-10,14,17-18,28H,11-13H2,(H3,23,24,25,26,27). The molecule has 0 saturated heterocycles. The molecule has 2 aromatic heterocycles. The van der Waals surface area contributed by atoms with Gasteiger partial charge in [0.05, 0.1) is 6.10 Å². The van der Waals surface area contributed by atoms with Crippen molar-refractivity contribution in [1.29, 1.82) is 0 Å². The topological polar surface area (TPSA) is 101 Å². The Hall–Kier alpha value is -3.25. The molecule has 2 aromatic carbocycles. The Labute approximate surface area is 163 Å². The minimum absolute atomic E-state index is 0.0510. The van der Waals surface area contributed by atoms with E-state index in [1.807, 2.05) is 42.5 Å². The van der Waals surface area contributed by atoms with Crippen LogP contribution in [0.25, 0.3) is 11.2 Å². The Bertz CT molecular complexity index is 1030. The van der Waals surface area contributed by atoms with Crippen molar-refractivity contribution in [3.63, 3.8) is 0 Å². The first-order chi connectivity index (χ1) is 13.7. The quantitative estimate of drug-likeness (QED) is 0.461. The van der Waals surface area contributed by atoms with E-state index in [0.29, 0.717) is 29.8 Å². The van der Waals surface area contributed by atoms with Gasteiger partial charge in [-0.05, 0) is 42.0 Å². The van der Waals surface area contributed by atoms with Crippen molar-refractivity contribution >= 4 is 17.0 Å². The zero-order chi connectivity index (χ0) is 19.3. The number of benzene rings is 2. The molecule has 0 fully saturated rings. The molecule has 0 aliphatic carbocycles. The number of nitrogens with one attached hydrogen (secondary N) is 1. The molecule has 0 spiro atoms. The van der Waals surface area contributed by atoms with Crippen LogP contribution in [0.4, 0.5) is 5.82 Å². The third-order valence-electron chi connectivity index (χ3n) is 5.04. The Morgan fingerprint density at radius 2 is 1.71 bits per heavy atom. The minimum Gasteiger partial charge on any atom is -0.393 e. The summed E-state index contributed by atoms with van der Waals surface area (Å²) < 4.78 is 0. The Morgan fingerprint density at radius 3 is 2.46 bits per heavy atom. The number of fused-ring (bicyclic) bond motifs is 1. The summed E-state index contributed by atoms with van der Waals surface area (Å²) in [7, 11) is 0. The number of aliphatic hydroxyl groups excluding tert-OH is 1. The first kappa shape index (κ1) is 18.1. The van der Waals surface area contributed by atoms with Crippen LogP contribution in [0.1, 0.15) is 35.4 Å². The van der Waals surface area contributed by atoms with Gasteiger partial charge < -0.3 is 10.8 Å². The van der Waals surface area contributed by atoms with Gasteiger partial charge in [0, 0.05) is 5.92 Å². The fourth-order valence-electron chi connectivity index (χ4n) is 3.65. The van der Waals surface area contributed by atoms with E-state index in [-0.39, 0.29) is 5.92 Å². The lowest BCUT2D eigenvalue weighted by Gasteiger charge is -2.22. The number of anilines is 1. The summed E-state index contributed by atoms with van der Waals surface area (Å²) in [6.45, 7) is 0. The van der Waals surface area contributed by atoms with Crippen LogP contribution in [0.3, 0.4) is 0 Å². The Morgan fingerprint density at radius 1 is 1.00 bits per heavy atom. The highest BCUT2D eigenvalue weighted by Gasteiger charge is 2.23. The molecule has 4 rings (SSSR count). The molecular weight excluding hydrogens is 350 g/mol. The number of hydrogen-bond acceptors (Lipinski definition) is 5. The highest BCUT2D eigenvalue weighted by atomic mass is 16.3. The van der Waals surface area contributed by atoms with Gasteiger partial charge in [0.2, 0.25) is 0 Å². The lowest BCUT2D eigenvalue weighted by atomic mass is 9.85. The van der Waals surface area contributed by atoms with E-state index in [1.54, 1.807) is 0 Å². The van der Waals surface area contributed by atoms with Gasteiger partial charge in [-0.2, -0.15) is 0 Å². The van der Waals surface area contributed by atoms with Crippen molar-refractivity contribution in [3.05, 3.63) is 83.4 Å². The molecule has 0 aliphatic heterocycles. The van der Waals surface area contributed by atoms with Gasteiger partial charge in [0.25, 0.3) is 0 Å². The molecule has 4 N–H and O–H groups in total. The fraction of sp³-hybridized carbons (Fsp3) is 0.227. The normalized spacial score (nSPS) is 13.5. The summed E-state index contributed by atoms with van der Waals surface area (Å²) in [5.41, 5.74) is 10.5. The van der Waals surface area contributed by atoms with Crippen LogP contribution in [0.5, 0.6) is 0 Å². The van der Waals surface area contributed by atoms with Crippen LogP contribution in [0, 0.1) is 0 Å². The van der Waals surface area contributed by atoms with Crippen molar-refractivity contribution in [2.75, 3.05) is 5.73 Å². The number of aryl methyl sites for hydroxylation is 1. The fourth-order valence-corrected chi connectivity index (χ4v) is 3.65. The largest absolute Gasteiger partial charge is 0.393 e. The first-order valence-electron chi connectivity index (χ1n) is 9.45. The number of H-pyrrole nitrogens is 1. The zero-order valence-corrected chi connectivity index (χ0v) is 15.5. The van der Waals surface area contributed by atoms with Crippen LogP contribution in [-0.2, 0) is 6.42 Å². The van der Waals surface area contributed by atoms with E-state index in [4.69, 9.17) is 5.73 Å². The molecule has 2 unspecified atom stereocenters. The average molecular weight is 373 g/mol. The van der Waals surface area contributed by atoms with Gasteiger partial charge in [-0.25, -0.2) is 10.1 Å². The molecule has 6 heteroatoms. The van der Waals surface area contributed by atoms with E-state index in [0.717, 1.165) is 17.5 Å². The van der Waals surface area contributed by atoms with Gasteiger partial charge in [0.15, 0.2) is 5.65 Å². The van der Waals surface area contributed by atoms with E-state index in [9.17, 15) is 5.11 Å². The summed E-state index contributed by atoms with van der Waals surface area (Å²) in [4.78, 5) is 4.26. The molecule has 0 bridgehead atoms. The van der Waals surface area contributed by atoms with E-state index < -0.39 is 6.10 Å². The minimum atomic E-state index is -0.457. The van der Waals surface area contributed by atoms with Crippen LogP contribution >= 0.6 is 0 Å². The SMILES string of the molecule is Nc1cc(C(CC(O)CCc2ccccc2)c2ccccc2)c2nn[nH]c2n1. The van der Waals surface area contributed by atoms with Gasteiger partial charge >= 0.3 is 0 Å². The number of aromatic amines is 1. The Balaban J connectivity index is 1.62. The van der Waals surface area contributed by atoms with E-state index >= 15 is 0 Å². The highest BCUT2D eigenvalue weighted by Crippen LogP contribution is 2.34. The molecule has 0 aliphatic rings. The second kappa shape index (κ2) is 8.19. The number of aliphatic hydroxyl groups is 1. The maximum Gasteiger partial charge on any atom is 0.178 e. The number of pyridine rings is 1. The smallest absolute Gasteiger partial charge is 0.178 e. The summed E-state index contributed by atoms with van der Waals surface area (Å²) in [6, 6.07) is 22.2. The van der Waals surface area contributed by atoms with Crippen molar-refractivity contribution < 1.29 is 5.11 Å². The summed E-state index contributed by atoms with van der Waals surface area (Å²) in [5.74, 6) is 0.359. The van der Waals surface area contributed by atoms with Crippen molar-refractivity contribution in [3.8, 4) is 0 Å². The monoisotopic (exact) mass is 373 g/mol. The highest BCUT2D eigenvalue weighted by molar-refractivity contribution is 5.77. The maximum atomic E-state index is 10.8. The average Bonchev–Trinajstić information content (AvgIpc) is 3.20. The zero-order valence-electron chi connectivity index (χ0n) is 15.5. The summed E-state index contributed by atoms with van der Waals surface area (Å²) in [5, 5.41) is 21.7. The molecule has 0 saturated carbocycles. The molecular formula is C22H23N5O. The van der Waals surface area contributed by atoms with Gasteiger partial charge in [0.1, 0.15) is 11.3 Å². The maximum absolute atomic E-state index is 10.8. The van der Waals surface area contributed by atoms with Gasteiger partial charge in [-0.1, -0.05) is 65.9 Å². The third-order valence-corrected chi connectivity index (χ3v) is 5.04. The number of nitrogens with two attached hydrogens (primary N) is 1. The van der Waals surface area contributed by atoms with E-state index in [2.05, 4.69) is 44.7 Å².